The van der Waals surface area contributed by atoms with Crippen LogP contribution in [0.4, 0.5) is 11.4 Å². The Labute approximate surface area is 148 Å². The summed E-state index contributed by atoms with van der Waals surface area (Å²) >= 11 is 3.39. The van der Waals surface area contributed by atoms with Crippen LogP contribution in [0.1, 0.15) is 12.5 Å². The van der Waals surface area contributed by atoms with Crippen LogP contribution in [-0.4, -0.2) is 28.8 Å². The number of nitrogens with zero attached hydrogens (tertiary/aromatic N) is 2. The molecule has 0 aliphatic rings. The molecule has 1 atom stereocenters. The molecule has 2 aromatic rings. The molecule has 0 bridgehead atoms. The van der Waals surface area contributed by atoms with Crippen LogP contribution in [0, 0.1) is 10.1 Å². The fraction of sp³-hybridized carbons (Fsp3) is 0.235. The number of carbonyl (C=O) groups excluding carboxylic acids is 1. The number of hydrogen-bond donors (Lipinski definition) is 1. The number of likely N-dealkylation sites (N-methyl/N-ethyl adjacent to an activating group) is 1. The van der Waals surface area contributed by atoms with E-state index >= 15 is 0 Å². The van der Waals surface area contributed by atoms with Crippen molar-refractivity contribution < 1.29 is 9.72 Å². The summed E-state index contributed by atoms with van der Waals surface area (Å²) in [6.45, 7) is 2.36. The predicted molar refractivity (Wildman–Crippen MR) is 96.8 cm³/mol. The standard InChI is InChI=1S/C17H18BrN3O3/c1-12(20(2)11-13-7-9-14(18)10-8-13)17(22)19-15-5-3-4-6-16(15)21(23)24/h3-10,12H,11H2,1-2H3,(H,19,22). The molecule has 2 aromatic carbocycles. The van der Waals surface area contributed by atoms with E-state index in [-0.39, 0.29) is 17.3 Å². The number of hydrogen-bond acceptors (Lipinski definition) is 4. The maximum atomic E-state index is 12.4. The van der Waals surface area contributed by atoms with Crippen LogP contribution >= 0.6 is 15.9 Å². The molecular formula is C17H18BrN3O3. The van der Waals surface area contributed by atoms with Crippen LogP contribution in [0.2, 0.25) is 0 Å². The van der Waals surface area contributed by atoms with Crippen molar-refractivity contribution >= 4 is 33.2 Å². The van der Waals surface area contributed by atoms with Gasteiger partial charge in [-0.2, -0.15) is 0 Å². The highest BCUT2D eigenvalue weighted by atomic mass is 79.9. The molecule has 2 rings (SSSR count). The number of anilines is 1. The summed E-state index contributed by atoms with van der Waals surface area (Å²) in [5.41, 5.74) is 1.16. The highest BCUT2D eigenvalue weighted by Gasteiger charge is 2.21. The maximum Gasteiger partial charge on any atom is 0.292 e. The molecule has 126 valence electrons. The molecule has 1 unspecified atom stereocenters. The highest BCUT2D eigenvalue weighted by molar-refractivity contribution is 9.10. The summed E-state index contributed by atoms with van der Waals surface area (Å²) in [4.78, 5) is 24.8. The predicted octanol–water partition coefficient (Wildman–Crippen LogP) is 3.82. The molecule has 7 heteroatoms. The monoisotopic (exact) mass is 391 g/mol. The molecule has 0 saturated carbocycles. The summed E-state index contributed by atoms with van der Waals surface area (Å²) in [6, 6.07) is 13.5. The van der Waals surface area contributed by atoms with Crippen molar-refractivity contribution in [3.63, 3.8) is 0 Å². The zero-order valence-corrected chi connectivity index (χ0v) is 15.0. The topological polar surface area (TPSA) is 75.5 Å². The molecule has 0 aliphatic carbocycles. The molecule has 0 heterocycles. The van der Waals surface area contributed by atoms with Gasteiger partial charge in [0.1, 0.15) is 5.69 Å². The van der Waals surface area contributed by atoms with Crippen molar-refractivity contribution in [1.82, 2.24) is 4.90 Å². The smallest absolute Gasteiger partial charge is 0.292 e. The first-order chi connectivity index (χ1) is 11.4. The second-order valence-corrected chi connectivity index (χ2v) is 6.40. The van der Waals surface area contributed by atoms with Crippen LogP contribution in [0.5, 0.6) is 0 Å². The van der Waals surface area contributed by atoms with Crippen molar-refractivity contribution in [2.45, 2.75) is 19.5 Å². The van der Waals surface area contributed by atoms with Crippen LogP contribution in [-0.2, 0) is 11.3 Å². The molecule has 1 amide bonds. The second kappa shape index (κ2) is 8.03. The summed E-state index contributed by atoms with van der Waals surface area (Å²) in [5, 5.41) is 13.7. The van der Waals surface area contributed by atoms with Gasteiger partial charge in [0.2, 0.25) is 5.91 Å². The van der Waals surface area contributed by atoms with Crippen LogP contribution in [0.3, 0.4) is 0 Å². The van der Waals surface area contributed by atoms with Gasteiger partial charge in [-0.1, -0.05) is 40.2 Å². The van der Waals surface area contributed by atoms with Crippen molar-refractivity contribution in [3.05, 3.63) is 68.7 Å². The Morgan fingerprint density at radius 3 is 2.50 bits per heavy atom. The van der Waals surface area contributed by atoms with E-state index < -0.39 is 11.0 Å². The Bertz CT molecular complexity index is 734. The molecule has 0 radical (unpaired) electrons. The first-order valence-electron chi connectivity index (χ1n) is 7.37. The third kappa shape index (κ3) is 4.62. The largest absolute Gasteiger partial charge is 0.319 e. The minimum Gasteiger partial charge on any atom is -0.319 e. The van der Waals surface area contributed by atoms with Crippen molar-refractivity contribution in [3.8, 4) is 0 Å². The Balaban J connectivity index is 2.04. The lowest BCUT2D eigenvalue weighted by Gasteiger charge is -2.24. The number of rotatable bonds is 6. The molecule has 1 N–H and O–H groups in total. The van der Waals surface area contributed by atoms with E-state index in [1.807, 2.05) is 36.2 Å². The van der Waals surface area contributed by atoms with Crippen LogP contribution in [0.25, 0.3) is 0 Å². The lowest BCUT2D eigenvalue weighted by Crippen LogP contribution is -2.39. The van der Waals surface area contributed by atoms with E-state index in [1.54, 1.807) is 19.1 Å². The lowest BCUT2D eigenvalue weighted by molar-refractivity contribution is -0.383. The second-order valence-electron chi connectivity index (χ2n) is 5.48. The Kier molecular flexibility index (Phi) is 6.05. The molecule has 0 fully saturated rings. The zero-order chi connectivity index (χ0) is 17.7. The summed E-state index contributed by atoms with van der Waals surface area (Å²) in [7, 11) is 1.84. The number of nitro groups is 1. The number of nitro benzene ring substituents is 1. The van der Waals surface area contributed by atoms with Gasteiger partial charge in [0, 0.05) is 17.1 Å². The maximum absolute atomic E-state index is 12.4. The van der Waals surface area contributed by atoms with Gasteiger partial charge in [-0.3, -0.25) is 19.8 Å². The SMILES string of the molecule is CC(C(=O)Nc1ccccc1[N+](=O)[O-])N(C)Cc1ccc(Br)cc1. The molecule has 24 heavy (non-hydrogen) atoms. The minimum atomic E-state index is -0.508. The number of amides is 1. The van der Waals surface area contributed by atoms with Crippen LogP contribution < -0.4 is 5.32 Å². The Morgan fingerprint density at radius 1 is 1.25 bits per heavy atom. The summed E-state index contributed by atoms with van der Waals surface area (Å²) in [6.07, 6.45) is 0. The van der Waals surface area contributed by atoms with E-state index in [2.05, 4.69) is 21.2 Å². The fourth-order valence-corrected chi connectivity index (χ4v) is 2.45. The number of carbonyl (C=O) groups is 1. The molecule has 6 nitrogen and oxygen atoms in total. The van der Waals surface area contributed by atoms with Gasteiger partial charge >= 0.3 is 0 Å². The first-order valence-corrected chi connectivity index (χ1v) is 8.16. The quantitative estimate of drug-likeness (QED) is 0.599. The highest BCUT2D eigenvalue weighted by Crippen LogP contribution is 2.23. The molecule has 0 saturated heterocycles. The fourth-order valence-electron chi connectivity index (χ4n) is 2.19. The van der Waals surface area contributed by atoms with Gasteiger partial charge in [0.25, 0.3) is 5.69 Å². The average molecular weight is 392 g/mol. The Hall–Kier alpha value is -2.25. The Morgan fingerprint density at radius 2 is 1.88 bits per heavy atom. The van der Waals surface area contributed by atoms with E-state index in [4.69, 9.17) is 0 Å². The third-order valence-corrected chi connectivity index (χ3v) is 4.27. The van der Waals surface area contributed by atoms with E-state index in [9.17, 15) is 14.9 Å². The van der Waals surface area contributed by atoms with E-state index in [1.165, 1.54) is 12.1 Å². The van der Waals surface area contributed by atoms with Crippen LogP contribution in [0.15, 0.2) is 53.0 Å². The molecule has 0 spiro atoms. The lowest BCUT2D eigenvalue weighted by atomic mass is 10.2. The van der Waals surface area contributed by atoms with Gasteiger partial charge in [-0.15, -0.1) is 0 Å². The van der Waals surface area contributed by atoms with E-state index in [0.717, 1.165) is 10.0 Å². The number of halogens is 1. The summed E-state index contributed by atoms with van der Waals surface area (Å²) in [5.74, 6) is -0.288. The van der Waals surface area contributed by atoms with Crippen molar-refractivity contribution in [2.24, 2.45) is 0 Å². The number of para-hydroxylation sites is 2. The van der Waals surface area contributed by atoms with Gasteiger partial charge < -0.3 is 5.32 Å². The number of nitrogens with one attached hydrogen (secondary N) is 1. The van der Waals surface area contributed by atoms with Gasteiger partial charge in [-0.05, 0) is 37.7 Å². The molecule has 0 aromatic heterocycles. The van der Waals surface area contributed by atoms with Crippen molar-refractivity contribution in [1.29, 1.82) is 0 Å². The van der Waals surface area contributed by atoms with E-state index in [0.29, 0.717) is 6.54 Å². The molecular weight excluding hydrogens is 374 g/mol. The molecule has 0 aliphatic heterocycles. The summed E-state index contributed by atoms with van der Waals surface area (Å²) < 4.78 is 0.996. The van der Waals surface area contributed by atoms with Gasteiger partial charge in [-0.25, -0.2) is 0 Å². The first kappa shape index (κ1) is 18.1. The third-order valence-electron chi connectivity index (χ3n) is 3.74. The zero-order valence-electron chi connectivity index (χ0n) is 13.4. The normalized spacial score (nSPS) is 12.0. The van der Waals surface area contributed by atoms with Gasteiger partial charge in [0.05, 0.1) is 11.0 Å². The minimum absolute atomic E-state index is 0.117. The van der Waals surface area contributed by atoms with Gasteiger partial charge in [0.15, 0.2) is 0 Å². The van der Waals surface area contributed by atoms with Crippen molar-refractivity contribution in [2.75, 3.05) is 12.4 Å². The number of benzene rings is 2. The average Bonchev–Trinajstić information content (AvgIpc) is 2.56.